The summed E-state index contributed by atoms with van der Waals surface area (Å²) in [4.78, 5) is 17.8. The van der Waals surface area contributed by atoms with Gasteiger partial charge in [-0.15, -0.1) is 0 Å². The first kappa shape index (κ1) is 21.6. The van der Waals surface area contributed by atoms with Gasteiger partial charge in [-0.1, -0.05) is 36.4 Å². The maximum Gasteiger partial charge on any atom is 0.173 e. The fraction of sp³-hybridized carbons (Fsp3) is 0.143. The molecule has 0 saturated carbocycles. The zero-order valence-electron chi connectivity index (χ0n) is 18.7. The predicted molar refractivity (Wildman–Crippen MR) is 132 cm³/mol. The average molecular weight is 454 g/mol. The van der Waals surface area contributed by atoms with Gasteiger partial charge in [-0.3, -0.25) is 4.79 Å². The highest BCUT2D eigenvalue weighted by atomic mass is 19.1. The van der Waals surface area contributed by atoms with E-state index in [1.54, 1.807) is 36.5 Å². The van der Waals surface area contributed by atoms with Crippen LogP contribution in [0.2, 0.25) is 0 Å². The van der Waals surface area contributed by atoms with E-state index in [9.17, 15) is 14.3 Å². The topological polar surface area (TPSA) is 74.2 Å². The van der Waals surface area contributed by atoms with Gasteiger partial charge >= 0.3 is 0 Å². The number of phenols is 1. The molecule has 34 heavy (non-hydrogen) atoms. The van der Waals surface area contributed by atoms with Crippen LogP contribution in [0, 0.1) is 12.7 Å². The Morgan fingerprint density at radius 2 is 1.88 bits per heavy atom. The van der Waals surface area contributed by atoms with Crippen molar-refractivity contribution in [3.63, 3.8) is 0 Å². The predicted octanol–water partition coefficient (Wildman–Crippen LogP) is 6.25. The number of Topliss-reactive ketones (excluding diaryl/α,β-unsaturated/α-hetero) is 1. The Hall–Kier alpha value is -4.19. The molecule has 0 fully saturated rings. The van der Waals surface area contributed by atoms with Crippen molar-refractivity contribution in [3.05, 3.63) is 107 Å². The molecule has 0 saturated heterocycles. The van der Waals surface area contributed by atoms with Gasteiger partial charge in [0.25, 0.3) is 0 Å². The Kier molecular flexibility index (Phi) is 5.72. The molecule has 3 N–H and O–H groups in total. The maximum absolute atomic E-state index is 14.0. The number of aromatic nitrogens is 1. The summed E-state index contributed by atoms with van der Waals surface area (Å²) < 4.78 is 14.0. The molecule has 2 heterocycles. The molecule has 1 aromatic heterocycles. The van der Waals surface area contributed by atoms with Gasteiger partial charge < -0.3 is 15.7 Å². The number of ketones is 1. The number of pyridine rings is 1. The smallest absolute Gasteiger partial charge is 0.173 e. The van der Waals surface area contributed by atoms with Gasteiger partial charge in [0.1, 0.15) is 17.4 Å². The van der Waals surface area contributed by atoms with Crippen LogP contribution in [0.3, 0.4) is 0 Å². The van der Waals surface area contributed by atoms with E-state index in [1.807, 2.05) is 37.3 Å². The third-order valence-electron chi connectivity index (χ3n) is 6.13. The molecule has 5 rings (SSSR count). The summed E-state index contributed by atoms with van der Waals surface area (Å²) in [5.41, 5.74) is 6.22. The number of carbonyl (C=O) groups excluding carboxylic acids is 1. The summed E-state index contributed by atoms with van der Waals surface area (Å²) in [5, 5.41) is 16.5. The standard InChI is InChI=1S/C28H24FN3O2/c1-17-6-10-21(33)16-25(17)31-24-12-13-30-28-27(24)26(34)15-20-14-18(8-11-23(20)32-28)7-9-19-4-2-3-5-22(19)29/h2-6,8,10-14,16,33H,7,9,15H2,1H3,(H2,30,31,32). The molecule has 1 aliphatic rings. The molecule has 0 spiro atoms. The summed E-state index contributed by atoms with van der Waals surface area (Å²) in [6.07, 6.45) is 3.14. The first-order chi connectivity index (χ1) is 16.5. The highest BCUT2D eigenvalue weighted by Crippen LogP contribution is 2.35. The monoisotopic (exact) mass is 453 g/mol. The van der Waals surface area contributed by atoms with E-state index < -0.39 is 0 Å². The van der Waals surface area contributed by atoms with Crippen LogP contribution in [0.15, 0.2) is 72.9 Å². The van der Waals surface area contributed by atoms with E-state index in [-0.39, 0.29) is 23.8 Å². The van der Waals surface area contributed by atoms with Crippen LogP contribution in [-0.2, 0) is 19.3 Å². The molecule has 4 aromatic rings. The summed E-state index contributed by atoms with van der Waals surface area (Å²) >= 11 is 0. The summed E-state index contributed by atoms with van der Waals surface area (Å²) in [6, 6.07) is 19.6. The number of hydrogen-bond donors (Lipinski definition) is 3. The molecule has 6 heteroatoms. The summed E-state index contributed by atoms with van der Waals surface area (Å²) in [6.45, 7) is 1.93. The number of anilines is 4. The number of aromatic hydroxyl groups is 1. The lowest BCUT2D eigenvalue weighted by atomic mass is 9.98. The summed E-state index contributed by atoms with van der Waals surface area (Å²) in [5.74, 6) is 0.386. The fourth-order valence-electron chi connectivity index (χ4n) is 4.27. The van der Waals surface area contributed by atoms with Crippen LogP contribution in [0.25, 0.3) is 0 Å². The maximum atomic E-state index is 14.0. The lowest BCUT2D eigenvalue weighted by Crippen LogP contribution is -2.08. The Balaban J connectivity index is 1.41. The van der Waals surface area contributed by atoms with Crippen molar-refractivity contribution >= 4 is 28.7 Å². The Morgan fingerprint density at radius 1 is 1.03 bits per heavy atom. The van der Waals surface area contributed by atoms with Crippen LogP contribution in [0.5, 0.6) is 5.75 Å². The van der Waals surface area contributed by atoms with Gasteiger partial charge in [0.2, 0.25) is 0 Å². The Labute approximate surface area is 197 Å². The van der Waals surface area contributed by atoms with E-state index >= 15 is 0 Å². The molecule has 0 amide bonds. The Morgan fingerprint density at radius 3 is 2.74 bits per heavy atom. The fourth-order valence-corrected chi connectivity index (χ4v) is 4.27. The van der Waals surface area contributed by atoms with E-state index in [2.05, 4.69) is 15.6 Å². The van der Waals surface area contributed by atoms with Crippen molar-refractivity contribution in [1.29, 1.82) is 0 Å². The largest absolute Gasteiger partial charge is 0.508 e. The van der Waals surface area contributed by atoms with E-state index in [1.165, 1.54) is 6.07 Å². The molecule has 0 bridgehead atoms. The first-order valence-corrected chi connectivity index (χ1v) is 11.2. The molecule has 170 valence electrons. The number of aryl methyl sites for hydroxylation is 3. The highest BCUT2D eigenvalue weighted by molar-refractivity contribution is 6.09. The first-order valence-electron chi connectivity index (χ1n) is 11.2. The number of nitrogens with one attached hydrogen (secondary N) is 2. The highest BCUT2D eigenvalue weighted by Gasteiger charge is 2.24. The molecular weight excluding hydrogens is 429 g/mol. The van der Waals surface area contributed by atoms with E-state index in [0.29, 0.717) is 35.5 Å². The molecule has 0 aliphatic carbocycles. The van der Waals surface area contributed by atoms with E-state index in [4.69, 9.17) is 0 Å². The zero-order valence-corrected chi connectivity index (χ0v) is 18.7. The number of fused-ring (bicyclic) bond motifs is 2. The van der Waals surface area contributed by atoms with Crippen LogP contribution in [-0.4, -0.2) is 15.9 Å². The van der Waals surface area contributed by atoms with Gasteiger partial charge in [0, 0.05) is 30.1 Å². The minimum absolute atomic E-state index is 0.0547. The second-order valence-electron chi connectivity index (χ2n) is 8.51. The van der Waals surface area contributed by atoms with Crippen LogP contribution in [0.4, 0.5) is 27.3 Å². The minimum Gasteiger partial charge on any atom is -0.508 e. The van der Waals surface area contributed by atoms with Crippen LogP contribution in [0.1, 0.15) is 32.6 Å². The number of hydrogen-bond acceptors (Lipinski definition) is 5. The molecule has 0 unspecified atom stereocenters. The normalized spacial score (nSPS) is 12.4. The third kappa shape index (κ3) is 4.35. The lowest BCUT2D eigenvalue weighted by Gasteiger charge is -2.15. The van der Waals surface area contributed by atoms with Crippen LogP contribution >= 0.6 is 0 Å². The van der Waals surface area contributed by atoms with E-state index in [0.717, 1.165) is 28.1 Å². The van der Waals surface area contributed by atoms with Crippen LogP contribution < -0.4 is 10.6 Å². The molecule has 0 atom stereocenters. The molecule has 5 nitrogen and oxygen atoms in total. The summed E-state index contributed by atoms with van der Waals surface area (Å²) in [7, 11) is 0. The number of nitrogens with zero attached hydrogens (tertiary/aromatic N) is 1. The van der Waals surface area contributed by atoms with Gasteiger partial charge in [-0.25, -0.2) is 9.37 Å². The zero-order chi connectivity index (χ0) is 23.7. The van der Waals surface area contributed by atoms with Crippen molar-refractivity contribution in [2.24, 2.45) is 0 Å². The number of carbonyl (C=O) groups is 1. The molecular formula is C28H24FN3O2. The lowest BCUT2D eigenvalue weighted by molar-refractivity contribution is 0.0995. The second kappa shape index (κ2) is 8.98. The number of rotatable bonds is 5. The minimum atomic E-state index is -0.197. The van der Waals surface area contributed by atoms with Gasteiger partial charge in [0.05, 0.1) is 11.3 Å². The average Bonchev–Trinajstić information content (AvgIpc) is 2.96. The second-order valence-corrected chi connectivity index (χ2v) is 8.51. The quantitative estimate of drug-likeness (QED) is 0.333. The molecule has 0 radical (unpaired) electrons. The number of benzene rings is 3. The molecule has 1 aliphatic heterocycles. The van der Waals surface area contributed by atoms with Gasteiger partial charge in [0.15, 0.2) is 5.78 Å². The number of phenolic OH excluding ortho intramolecular Hbond substituents is 1. The van der Waals surface area contributed by atoms with Crippen molar-refractivity contribution in [1.82, 2.24) is 4.98 Å². The SMILES string of the molecule is Cc1ccc(O)cc1Nc1ccnc2c1C(=O)Cc1cc(CCc3ccccc3F)ccc1N2. The van der Waals surface area contributed by atoms with Gasteiger partial charge in [-0.2, -0.15) is 0 Å². The van der Waals surface area contributed by atoms with Crippen molar-refractivity contribution in [2.75, 3.05) is 10.6 Å². The Bertz CT molecular complexity index is 1400. The van der Waals surface area contributed by atoms with Crippen molar-refractivity contribution < 1.29 is 14.3 Å². The third-order valence-corrected chi connectivity index (χ3v) is 6.13. The molecule has 3 aromatic carbocycles. The number of halogens is 1. The van der Waals surface area contributed by atoms with Crippen molar-refractivity contribution in [3.8, 4) is 5.75 Å². The van der Waals surface area contributed by atoms with Crippen molar-refractivity contribution in [2.45, 2.75) is 26.2 Å². The van der Waals surface area contributed by atoms with Gasteiger partial charge in [-0.05, 0) is 66.3 Å².